The lowest BCUT2D eigenvalue weighted by Gasteiger charge is -2.21. The summed E-state index contributed by atoms with van der Waals surface area (Å²) in [7, 11) is 0. The normalized spacial score (nSPS) is 10.9. The first-order valence-electron chi connectivity index (χ1n) is 4.35. The van der Waals surface area contributed by atoms with Gasteiger partial charge in [0.2, 0.25) is 5.91 Å². The molecule has 0 saturated carbocycles. The Balaban J connectivity index is 0. The van der Waals surface area contributed by atoms with Crippen LogP contribution in [0.15, 0.2) is 0 Å². The quantitative estimate of drug-likeness (QED) is 0.735. The lowest BCUT2D eigenvalue weighted by atomic mass is 10.1. The van der Waals surface area contributed by atoms with Crippen molar-refractivity contribution in [2.75, 3.05) is 6.54 Å². The summed E-state index contributed by atoms with van der Waals surface area (Å²) in [6, 6.07) is 0.357. The zero-order valence-electron chi connectivity index (χ0n) is 9.10. The van der Waals surface area contributed by atoms with E-state index in [0.29, 0.717) is 12.6 Å². The molecule has 80 valence electrons. The molecule has 0 aliphatic carbocycles. The molecule has 0 spiro atoms. The third kappa shape index (κ3) is 11.7. The second-order valence-corrected chi connectivity index (χ2v) is 4.33. The predicted molar refractivity (Wildman–Crippen MR) is 58.3 cm³/mol. The molecule has 0 unspecified atom stereocenters. The van der Waals surface area contributed by atoms with Crippen LogP contribution in [0.3, 0.4) is 0 Å². The minimum atomic E-state index is -0.129. The van der Waals surface area contributed by atoms with Crippen LogP contribution in [0.2, 0.25) is 0 Å². The number of halogens is 1. The van der Waals surface area contributed by atoms with Crippen LogP contribution in [-0.4, -0.2) is 24.0 Å². The maximum Gasteiger partial charge on any atom is 0.234 e. The molecule has 0 atom stereocenters. The van der Waals surface area contributed by atoms with Crippen LogP contribution in [0.5, 0.6) is 0 Å². The summed E-state index contributed by atoms with van der Waals surface area (Å²) in [5.41, 5.74) is -0.129. The summed E-state index contributed by atoms with van der Waals surface area (Å²) in [5, 5.41) is 5.93. The molecular formula is C9H21ClN2O. The van der Waals surface area contributed by atoms with Crippen LogP contribution in [-0.2, 0) is 4.79 Å². The Kier molecular flexibility index (Phi) is 7.27. The minimum Gasteiger partial charge on any atom is -0.350 e. The first-order valence-corrected chi connectivity index (χ1v) is 4.35. The molecule has 0 aliphatic rings. The molecule has 3 nitrogen and oxygen atoms in total. The van der Waals surface area contributed by atoms with Gasteiger partial charge in [0.1, 0.15) is 0 Å². The fourth-order valence-corrected chi connectivity index (χ4v) is 0.759. The molecule has 13 heavy (non-hydrogen) atoms. The highest BCUT2D eigenvalue weighted by molar-refractivity contribution is 5.85. The van der Waals surface area contributed by atoms with E-state index in [1.54, 1.807) is 0 Å². The molecular weight excluding hydrogens is 188 g/mol. The van der Waals surface area contributed by atoms with Gasteiger partial charge in [0.15, 0.2) is 0 Å². The first kappa shape index (κ1) is 15.2. The van der Waals surface area contributed by atoms with Crippen molar-refractivity contribution in [3.05, 3.63) is 0 Å². The zero-order chi connectivity index (χ0) is 9.78. The van der Waals surface area contributed by atoms with Gasteiger partial charge >= 0.3 is 0 Å². The Morgan fingerprint density at radius 2 is 1.77 bits per heavy atom. The Morgan fingerprint density at radius 1 is 1.31 bits per heavy atom. The van der Waals surface area contributed by atoms with E-state index in [-0.39, 0.29) is 23.9 Å². The summed E-state index contributed by atoms with van der Waals surface area (Å²) in [4.78, 5) is 11.2. The molecule has 0 aliphatic heterocycles. The predicted octanol–water partition coefficient (Wildman–Crippen LogP) is 1.32. The van der Waals surface area contributed by atoms with E-state index >= 15 is 0 Å². The smallest absolute Gasteiger partial charge is 0.234 e. The zero-order valence-corrected chi connectivity index (χ0v) is 9.92. The van der Waals surface area contributed by atoms with Crippen LogP contribution in [0.4, 0.5) is 0 Å². The van der Waals surface area contributed by atoms with Gasteiger partial charge in [-0.25, -0.2) is 0 Å². The number of carbonyl (C=O) groups excluding carboxylic acids is 1. The standard InChI is InChI=1S/C9H20N2O.ClH/c1-7(2)10-6-8(12)11-9(3,4)5;/h7,10H,6H2,1-5H3,(H,11,12);1H. The van der Waals surface area contributed by atoms with E-state index in [1.165, 1.54) is 0 Å². The third-order valence-corrected chi connectivity index (χ3v) is 1.19. The number of hydrogen-bond acceptors (Lipinski definition) is 2. The van der Waals surface area contributed by atoms with Crippen LogP contribution in [0.25, 0.3) is 0 Å². The average molecular weight is 209 g/mol. The minimum absolute atomic E-state index is 0. The molecule has 0 aromatic carbocycles. The summed E-state index contributed by atoms with van der Waals surface area (Å²) >= 11 is 0. The number of carbonyl (C=O) groups is 1. The van der Waals surface area contributed by atoms with E-state index in [2.05, 4.69) is 10.6 Å². The van der Waals surface area contributed by atoms with Gasteiger partial charge in [-0.2, -0.15) is 0 Å². The van der Waals surface area contributed by atoms with Gasteiger partial charge < -0.3 is 10.6 Å². The molecule has 1 amide bonds. The maximum absolute atomic E-state index is 11.2. The highest BCUT2D eigenvalue weighted by Gasteiger charge is 2.12. The SMILES string of the molecule is CC(C)NCC(=O)NC(C)(C)C.Cl. The topological polar surface area (TPSA) is 41.1 Å². The monoisotopic (exact) mass is 208 g/mol. The number of amides is 1. The van der Waals surface area contributed by atoms with Crippen molar-refractivity contribution in [1.29, 1.82) is 0 Å². The molecule has 0 saturated heterocycles. The first-order chi connectivity index (χ1) is 5.31. The number of hydrogen-bond donors (Lipinski definition) is 2. The van der Waals surface area contributed by atoms with Crippen molar-refractivity contribution in [2.45, 2.75) is 46.2 Å². The van der Waals surface area contributed by atoms with E-state index in [1.807, 2.05) is 34.6 Å². The number of nitrogens with one attached hydrogen (secondary N) is 2. The van der Waals surface area contributed by atoms with Crippen molar-refractivity contribution < 1.29 is 4.79 Å². The van der Waals surface area contributed by atoms with Gasteiger partial charge in [0, 0.05) is 11.6 Å². The van der Waals surface area contributed by atoms with E-state index < -0.39 is 0 Å². The molecule has 2 N–H and O–H groups in total. The van der Waals surface area contributed by atoms with E-state index in [0.717, 1.165) is 0 Å². The average Bonchev–Trinajstić information content (AvgIpc) is 1.79. The van der Waals surface area contributed by atoms with Crippen LogP contribution >= 0.6 is 12.4 Å². The molecule has 0 radical (unpaired) electrons. The summed E-state index contributed by atoms with van der Waals surface area (Å²) in [6.07, 6.45) is 0. The van der Waals surface area contributed by atoms with Crippen LogP contribution in [0.1, 0.15) is 34.6 Å². The number of rotatable bonds is 3. The summed E-state index contributed by atoms with van der Waals surface area (Å²) < 4.78 is 0. The van der Waals surface area contributed by atoms with Crippen LogP contribution in [0, 0.1) is 0 Å². The summed E-state index contributed by atoms with van der Waals surface area (Å²) in [5.74, 6) is 0.0520. The highest BCUT2D eigenvalue weighted by Crippen LogP contribution is 1.97. The fraction of sp³-hybridized carbons (Fsp3) is 0.889. The molecule has 4 heteroatoms. The molecule has 0 aromatic heterocycles. The molecule has 0 rings (SSSR count). The fourth-order valence-electron chi connectivity index (χ4n) is 0.759. The maximum atomic E-state index is 11.2. The molecule has 0 heterocycles. The van der Waals surface area contributed by atoms with Crippen molar-refractivity contribution in [3.8, 4) is 0 Å². The van der Waals surface area contributed by atoms with Crippen molar-refractivity contribution in [2.24, 2.45) is 0 Å². The molecule has 0 fully saturated rings. The third-order valence-electron chi connectivity index (χ3n) is 1.19. The Hall–Kier alpha value is -0.280. The van der Waals surface area contributed by atoms with E-state index in [9.17, 15) is 4.79 Å². The molecule has 0 aromatic rings. The van der Waals surface area contributed by atoms with Gasteiger partial charge in [-0.3, -0.25) is 4.79 Å². The van der Waals surface area contributed by atoms with Crippen molar-refractivity contribution in [1.82, 2.24) is 10.6 Å². The Bertz CT molecular complexity index is 152. The lowest BCUT2D eigenvalue weighted by Crippen LogP contribution is -2.45. The van der Waals surface area contributed by atoms with Crippen LogP contribution < -0.4 is 10.6 Å². The second-order valence-electron chi connectivity index (χ2n) is 4.33. The van der Waals surface area contributed by atoms with Gasteiger partial charge in [-0.15, -0.1) is 12.4 Å². The Morgan fingerprint density at radius 3 is 2.08 bits per heavy atom. The van der Waals surface area contributed by atoms with Gasteiger partial charge in [0.05, 0.1) is 6.54 Å². The van der Waals surface area contributed by atoms with Gasteiger partial charge in [-0.05, 0) is 20.8 Å². The van der Waals surface area contributed by atoms with Crippen molar-refractivity contribution >= 4 is 18.3 Å². The lowest BCUT2D eigenvalue weighted by molar-refractivity contribution is -0.121. The highest BCUT2D eigenvalue weighted by atomic mass is 35.5. The largest absolute Gasteiger partial charge is 0.350 e. The second kappa shape index (κ2) is 6.22. The van der Waals surface area contributed by atoms with E-state index in [4.69, 9.17) is 0 Å². The molecule has 0 bridgehead atoms. The van der Waals surface area contributed by atoms with Gasteiger partial charge in [0.25, 0.3) is 0 Å². The van der Waals surface area contributed by atoms with Gasteiger partial charge in [-0.1, -0.05) is 13.8 Å². The van der Waals surface area contributed by atoms with Crippen molar-refractivity contribution in [3.63, 3.8) is 0 Å². The Labute approximate surface area is 87.1 Å². The summed E-state index contributed by atoms with van der Waals surface area (Å²) in [6.45, 7) is 10.4.